The molecule has 1 amide bonds. The summed E-state index contributed by atoms with van der Waals surface area (Å²) >= 11 is 0. The minimum absolute atomic E-state index is 0.144. The van der Waals surface area contributed by atoms with E-state index in [4.69, 9.17) is 9.84 Å². The Kier molecular flexibility index (Phi) is 5.39. The number of aromatic amines is 1. The molecule has 1 saturated carbocycles. The molecule has 3 heterocycles. The average Bonchev–Trinajstić information content (AvgIpc) is 3.39. The number of anilines is 1. The molecule has 9 nitrogen and oxygen atoms in total. The van der Waals surface area contributed by atoms with Gasteiger partial charge < -0.3 is 15.4 Å². The third-order valence-corrected chi connectivity index (χ3v) is 5.90. The number of imidazole rings is 1. The summed E-state index contributed by atoms with van der Waals surface area (Å²) in [5.74, 6) is 0.813. The van der Waals surface area contributed by atoms with Crippen LogP contribution in [0.3, 0.4) is 0 Å². The lowest BCUT2D eigenvalue weighted by Crippen LogP contribution is -2.42. The quantitative estimate of drug-likeness (QED) is 0.424. The minimum Gasteiger partial charge on any atom is -0.444 e. The Morgan fingerprint density at radius 3 is 2.67 bits per heavy atom. The zero-order chi connectivity index (χ0) is 23.0. The van der Waals surface area contributed by atoms with Crippen LogP contribution in [0, 0.1) is 0 Å². The standard InChI is InChI=1S/C24H29N7O2/c1-24(2,3)33-23(32)28-18-8-6-17(7-9-18)27-21-10-11-22-25-14-20(31(22)30-21)15-4-5-16-13-26-29-19(16)12-15/h4-5,10-14,17-18H,6-9H2,1-3H3,(H,26,29)(H,27,30)(H,28,32)/t17-,18-. The van der Waals surface area contributed by atoms with Crippen LogP contribution >= 0.6 is 0 Å². The van der Waals surface area contributed by atoms with E-state index in [2.05, 4.69) is 37.9 Å². The van der Waals surface area contributed by atoms with E-state index in [1.807, 2.05) is 55.9 Å². The van der Waals surface area contributed by atoms with Crippen LogP contribution in [0.5, 0.6) is 0 Å². The molecule has 1 aromatic carbocycles. The van der Waals surface area contributed by atoms with Crippen LogP contribution in [0.4, 0.5) is 10.6 Å². The van der Waals surface area contributed by atoms with Crippen molar-refractivity contribution in [3.05, 3.63) is 42.7 Å². The van der Waals surface area contributed by atoms with E-state index in [1.165, 1.54) is 0 Å². The lowest BCUT2D eigenvalue weighted by molar-refractivity contribution is 0.0492. The van der Waals surface area contributed by atoms with Crippen LogP contribution in [0.25, 0.3) is 27.8 Å². The number of alkyl carbamates (subject to hydrolysis) is 1. The summed E-state index contributed by atoms with van der Waals surface area (Å²) in [6.45, 7) is 5.62. The maximum atomic E-state index is 12.0. The van der Waals surface area contributed by atoms with E-state index < -0.39 is 5.60 Å². The van der Waals surface area contributed by atoms with Gasteiger partial charge in [0, 0.05) is 23.0 Å². The fourth-order valence-corrected chi connectivity index (χ4v) is 4.31. The van der Waals surface area contributed by atoms with Crippen molar-refractivity contribution in [2.45, 2.75) is 64.1 Å². The van der Waals surface area contributed by atoms with Gasteiger partial charge in [0.25, 0.3) is 0 Å². The molecule has 0 aliphatic heterocycles. The number of nitrogens with one attached hydrogen (secondary N) is 3. The van der Waals surface area contributed by atoms with Crippen LogP contribution in [0.15, 0.2) is 42.7 Å². The Balaban J connectivity index is 1.25. The number of ether oxygens (including phenoxy) is 1. The molecule has 4 aromatic rings. The molecule has 0 unspecified atom stereocenters. The van der Waals surface area contributed by atoms with Gasteiger partial charge >= 0.3 is 6.09 Å². The van der Waals surface area contributed by atoms with E-state index in [0.717, 1.165) is 59.3 Å². The van der Waals surface area contributed by atoms with Gasteiger partial charge in [-0.3, -0.25) is 5.10 Å². The van der Waals surface area contributed by atoms with Crippen molar-refractivity contribution in [1.29, 1.82) is 0 Å². The summed E-state index contributed by atoms with van der Waals surface area (Å²) in [4.78, 5) is 16.5. The fraction of sp³-hybridized carbons (Fsp3) is 0.417. The van der Waals surface area contributed by atoms with Gasteiger partial charge in [-0.25, -0.2) is 14.3 Å². The van der Waals surface area contributed by atoms with Gasteiger partial charge in [0.15, 0.2) is 5.65 Å². The van der Waals surface area contributed by atoms with Crippen LogP contribution in [0.2, 0.25) is 0 Å². The first-order valence-electron chi connectivity index (χ1n) is 11.4. The number of benzene rings is 1. The summed E-state index contributed by atoms with van der Waals surface area (Å²) < 4.78 is 7.24. The molecule has 33 heavy (non-hydrogen) atoms. The molecule has 1 aliphatic rings. The Morgan fingerprint density at radius 1 is 1.09 bits per heavy atom. The highest BCUT2D eigenvalue weighted by Gasteiger charge is 2.25. The van der Waals surface area contributed by atoms with Crippen LogP contribution in [-0.4, -0.2) is 48.6 Å². The molecule has 0 saturated heterocycles. The molecule has 172 valence electrons. The number of rotatable bonds is 4. The number of nitrogens with zero attached hydrogens (tertiary/aromatic N) is 4. The first-order chi connectivity index (χ1) is 15.8. The van der Waals surface area contributed by atoms with Crippen molar-refractivity contribution in [2.24, 2.45) is 0 Å². The number of hydrogen-bond acceptors (Lipinski definition) is 6. The molecule has 0 bridgehead atoms. The highest BCUT2D eigenvalue weighted by atomic mass is 16.6. The van der Waals surface area contributed by atoms with E-state index in [0.29, 0.717) is 6.04 Å². The van der Waals surface area contributed by atoms with Gasteiger partial charge in [-0.05, 0) is 64.7 Å². The molecule has 3 N–H and O–H groups in total. The molecular formula is C24H29N7O2. The van der Waals surface area contributed by atoms with E-state index in [1.54, 1.807) is 0 Å². The van der Waals surface area contributed by atoms with Gasteiger partial charge in [0.2, 0.25) is 0 Å². The highest BCUT2D eigenvalue weighted by Crippen LogP contribution is 2.26. The van der Waals surface area contributed by atoms with Crippen molar-refractivity contribution in [3.63, 3.8) is 0 Å². The molecule has 1 fully saturated rings. The van der Waals surface area contributed by atoms with E-state index in [9.17, 15) is 4.79 Å². The van der Waals surface area contributed by atoms with Gasteiger partial charge in [0.1, 0.15) is 11.4 Å². The molecule has 9 heteroatoms. The molecule has 0 radical (unpaired) electrons. The molecule has 0 spiro atoms. The van der Waals surface area contributed by atoms with Gasteiger partial charge in [-0.15, -0.1) is 5.10 Å². The Hall–Kier alpha value is -3.62. The lowest BCUT2D eigenvalue weighted by Gasteiger charge is -2.30. The highest BCUT2D eigenvalue weighted by molar-refractivity contribution is 5.83. The second-order valence-electron chi connectivity index (χ2n) is 9.64. The van der Waals surface area contributed by atoms with Crippen molar-refractivity contribution in [3.8, 4) is 11.3 Å². The summed E-state index contributed by atoms with van der Waals surface area (Å²) in [6.07, 6.45) is 7.02. The summed E-state index contributed by atoms with van der Waals surface area (Å²) in [7, 11) is 0. The van der Waals surface area contributed by atoms with Crippen molar-refractivity contribution in [2.75, 3.05) is 5.32 Å². The van der Waals surface area contributed by atoms with E-state index in [-0.39, 0.29) is 12.1 Å². The number of H-pyrrole nitrogens is 1. The lowest BCUT2D eigenvalue weighted by atomic mass is 9.91. The molecule has 1 aliphatic carbocycles. The minimum atomic E-state index is -0.483. The average molecular weight is 448 g/mol. The second-order valence-corrected chi connectivity index (χ2v) is 9.64. The smallest absolute Gasteiger partial charge is 0.407 e. The molecule has 5 rings (SSSR count). The monoisotopic (exact) mass is 447 g/mol. The van der Waals surface area contributed by atoms with Crippen LogP contribution < -0.4 is 10.6 Å². The summed E-state index contributed by atoms with van der Waals surface area (Å²) in [5, 5.41) is 19.5. The van der Waals surface area contributed by atoms with Crippen LogP contribution in [-0.2, 0) is 4.74 Å². The number of carbonyl (C=O) groups excluding carboxylic acids is 1. The van der Waals surface area contributed by atoms with Crippen LogP contribution in [0.1, 0.15) is 46.5 Å². The number of aromatic nitrogens is 5. The zero-order valence-electron chi connectivity index (χ0n) is 19.1. The fourth-order valence-electron chi connectivity index (χ4n) is 4.31. The van der Waals surface area contributed by atoms with Gasteiger partial charge in [-0.2, -0.15) is 5.10 Å². The number of fused-ring (bicyclic) bond motifs is 2. The van der Waals surface area contributed by atoms with Gasteiger partial charge in [-0.1, -0.05) is 12.1 Å². The third kappa shape index (κ3) is 4.76. The second kappa shape index (κ2) is 8.38. The third-order valence-electron chi connectivity index (χ3n) is 5.90. The Bertz CT molecular complexity index is 1280. The topological polar surface area (TPSA) is 109 Å². The Labute approximate surface area is 191 Å². The van der Waals surface area contributed by atoms with Crippen molar-refractivity contribution >= 4 is 28.5 Å². The molecule has 3 aromatic heterocycles. The predicted molar refractivity (Wildman–Crippen MR) is 127 cm³/mol. The molecule has 0 atom stereocenters. The first-order valence-corrected chi connectivity index (χ1v) is 11.4. The Morgan fingerprint density at radius 2 is 1.88 bits per heavy atom. The first kappa shape index (κ1) is 21.2. The maximum Gasteiger partial charge on any atom is 0.407 e. The number of carbonyl (C=O) groups is 1. The van der Waals surface area contributed by atoms with E-state index >= 15 is 0 Å². The van der Waals surface area contributed by atoms with Crippen molar-refractivity contribution in [1.82, 2.24) is 30.1 Å². The van der Waals surface area contributed by atoms with Crippen molar-refractivity contribution < 1.29 is 9.53 Å². The molecular weight excluding hydrogens is 418 g/mol. The largest absolute Gasteiger partial charge is 0.444 e. The van der Waals surface area contributed by atoms with Gasteiger partial charge in [0.05, 0.1) is 23.6 Å². The summed E-state index contributed by atoms with van der Waals surface area (Å²) in [5.41, 5.74) is 3.25. The SMILES string of the molecule is CC(C)(C)OC(=O)N[C@H]1CC[C@H](Nc2ccc3ncc(-c4ccc5cn[nH]c5c4)n3n2)CC1. The number of hydrogen-bond donors (Lipinski definition) is 3. The predicted octanol–water partition coefficient (Wildman–Crippen LogP) is 4.52. The zero-order valence-corrected chi connectivity index (χ0v) is 19.1. The maximum absolute atomic E-state index is 12.0. The number of amides is 1. The summed E-state index contributed by atoms with van der Waals surface area (Å²) in [6, 6.07) is 10.6. The normalized spacial score (nSPS) is 19.0.